The molecule has 0 N–H and O–H groups in total. The van der Waals surface area contributed by atoms with Gasteiger partial charge in [0.2, 0.25) is 0 Å². The summed E-state index contributed by atoms with van der Waals surface area (Å²) in [5.41, 5.74) is 2.31. The van der Waals surface area contributed by atoms with Crippen LogP contribution in [0.1, 0.15) is 56.0 Å². The normalized spacial score (nSPS) is 11.1. The largest absolute Gasteiger partial charge is 0.241 e. The Kier molecular flexibility index (Phi) is 8.32. The highest BCUT2D eigenvalue weighted by atomic mass is 35.5. The summed E-state index contributed by atoms with van der Waals surface area (Å²) in [6.45, 7) is 2.19. The highest BCUT2D eigenvalue weighted by Gasteiger charge is 2.13. The lowest BCUT2D eigenvalue weighted by molar-refractivity contribution is 0.583. The molecule has 158 valence electrons. The second-order valence-corrected chi connectivity index (χ2v) is 8.05. The van der Waals surface area contributed by atoms with E-state index in [4.69, 9.17) is 11.6 Å². The predicted molar refractivity (Wildman–Crippen MR) is 119 cm³/mol. The first-order valence-electron chi connectivity index (χ1n) is 10.6. The third kappa shape index (κ3) is 6.33. The Balaban J connectivity index is 1.51. The zero-order valence-electron chi connectivity index (χ0n) is 17.3. The molecule has 3 aromatic rings. The van der Waals surface area contributed by atoms with Crippen LogP contribution in [0.3, 0.4) is 0 Å². The van der Waals surface area contributed by atoms with Crippen LogP contribution in [0.25, 0.3) is 11.1 Å². The summed E-state index contributed by atoms with van der Waals surface area (Å²) in [7, 11) is 0. The van der Waals surface area contributed by atoms with Crippen LogP contribution in [-0.4, -0.2) is 9.97 Å². The van der Waals surface area contributed by atoms with Gasteiger partial charge in [0, 0.05) is 23.8 Å². The molecule has 0 aliphatic rings. The summed E-state index contributed by atoms with van der Waals surface area (Å²) in [5, 5.41) is 0.534. The third-order valence-electron chi connectivity index (χ3n) is 5.18. The number of rotatable bonds is 10. The van der Waals surface area contributed by atoms with Gasteiger partial charge in [0.05, 0.1) is 5.56 Å². The number of hydrogen-bond acceptors (Lipinski definition) is 2. The Morgan fingerprint density at radius 3 is 1.97 bits per heavy atom. The zero-order chi connectivity index (χ0) is 21.3. The van der Waals surface area contributed by atoms with E-state index in [2.05, 4.69) is 16.9 Å². The zero-order valence-corrected chi connectivity index (χ0v) is 18.1. The molecule has 0 atom stereocenters. The molecular formula is C25H27ClF2N2. The molecule has 2 aromatic carbocycles. The van der Waals surface area contributed by atoms with Crippen molar-refractivity contribution >= 4 is 11.6 Å². The van der Waals surface area contributed by atoms with Gasteiger partial charge in [0.15, 0.2) is 0 Å². The second-order valence-electron chi connectivity index (χ2n) is 7.61. The third-order valence-corrected chi connectivity index (χ3v) is 5.43. The second kappa shape index (κ2) is 11.2. The monoisotopic (exact) mass is 428 g/mol. The van der Waals surface area contributed by atoms with Crippen LogP contribution >= 0.6 is 11.6 Å². The van der Waals surface area contributed by atoms with Crippen molar-refractivity contribution in [3.8, 4) is 11.1 Å². The Hall–Kier alpha value is -2.33. The van der Waals surface area contributed by atoms with Crippen molar-refractivity contribution in [2.45, 2.75) is 58.3 Å². The SMILES string of the molecule is CCCCCc1cnc(CCCCc2cc(F)c(-c3ccc(Cl)cc3)c(F)c2)nc1. The average Bonchev–Trinajstić information content (AvgIpc) is 2.73. The lowest BCUT2D eigenvalue weighted by Crippen LogP contribution is -1.99. The minimum Gasteiger partial charge on any atom is -0.241 e. The molecule has 0 spiro atoms. The molecule has 1 heterocycles. The van der Waals surface area contributed by atoms with E-state index in [-0.39, 0.29) is 5.56 Å². The molecular weight excluding hydrogens is 402 g/mol. The molecule has 5 heteroatoms. The lowest BCUT2D eigenvalue weighted by Gasteiger charge is -2.09. The minimum absolute atomic E-state index is 0.0113. The molecule has 0 aliphatic carbocycles. The van der Waals surface area contributed by atoms with Gasteiger partial charge in [-0.25, -0.2) is 18.7 Å². The maximum atomic E-state index is 14.5. The fourth-order valence-electron chi connectivity index (χ4n) is 3.49. The summed E-state index contributed by atoms with van der Waals surface area (Å²) < 4.78 is 29.1. The van der Waals surface area contributed by atoms with Crippen LogP contribution in [0.5, 0.6) is 0 Å². The van der Waals surface area contributed by atoms with E-state index in [1.165, 1.54) is 37.0 Å². The van der Waals surface area contributed by atoms with E-state index >= 15 is 0 Å². The van der Waals surface area contributed by atoms with E-state index in [9.17, 15) is 8.78 Å². The van der Waals surface area contributed by atoms with Gasteiger partial charge in [-0.15, -0.1) is 0 Å². The standard InChI is InChI=1S/C25H27ClF2N2/c1-2-3-4-8-19-16-29-24(30-17-19)9-6-5-7-18-14-22(27)25(23(28)15-18)20-10-12-21(26)13-11-20/h10-17H,2-9H2,1H3. The molecule has 0 amide bonds. The van der Waals surface area contributed by atoms with E-state index in [1.54, 1.807) is 24.3 Å². The van der Waals surface area contributed by atoms with Crippen molar-refractivity contribution in [1.82, 2.24) is 9.97 Å². The number of aryl methyl sites for hydroxylation is 3. The van der Waals surface area contributed by atoms with Crippen molar-refractivity contribution < 1.29 is 8.78 Å². The molecule has 1 aromatic heterocycles. The fourth-order valence-corrected chi connectivity index (χ4v) is 3.62. The molecule has 2 nitrogen and oxygen atoms in total. The van der Waals surface area contributed by atoms with Gasteiger partial charge < -0.3 is 0 Å². The van der Waals surface area contributed by atoms with Crippen molar-refractivity contribution in [3.63, 3.8) is 0 Å². The Labute approximate surface area is 182 Å². The summed E-state index contributed by atoms with van der Waals surface area (Å²) in [6.07, 6.45) is 11.5. The number of aromatic nitrogens is 2. The van der Waals surface area contributed by atoms with Gasteiger partial charge >= 0.3 is 0 Å². The number of nitrogens with zero attached hydrogens (tertiary/aromatic N) is 2. The lowest BCUT2D eigenvalue weighted by atomic mass is 9.99. The topological polar surface area (TPSA) is 25.8 Å². The van der Waals surface area contributed by atoms with E-state index < -0.39 is 11.6 Å². The van der Waals surface area contributed by atoms with Crippen LogP contribution in [0.4, 0.5) is 8.78 Å². The number of unbranched alkanes of at least 4 members (excludes halogenated alkanes) is 3. The van der Waals surface area contributed by atoms with Crippen molar-refractivity contribution in [3.05, 3.63) is 82.4 Å². The average molecular weight is 429 g/mol. The molecule has 3 rings (SSSR count). The smallest absolute Gasteiger partial charge is 0.134 e. The van der Waals surface area contributed by atoms with E-state index in [1.807, 2.05) is 12.4 Å². The molecule has 0 fully saturated rings. The summed E-state index contributed by atoms with van der Waals surface area (Å²) in [6, 6.07) is 9.35. The van der Waals surface area contributed by atoms with Crippen molar-refractivity contribution in [1.29, 1.82) is 0 Å². The Morgan fingerprint density at radius 2 is 1.33 bits per heavy atom. The quantitative estimate of drug-likeness (QED) is 0.315. The molecule has 0 radical (unpaired) electrons. The van der Waals surface area contributed by atoms with Crippen LogP contribution in [0.2, 0.25) is 5.02 Å². The van der Waals surface area contributed by atoms with Crippen LogP contribution in [0, 0.1) is 11.6 Å². The number of halogens is 3. The first-order valence-corrected chi connectivity index (χ1v) is 11.0. The molecule has 0 saturated heterocycles. The highest BCUT2D eigenvalue weighted by Crippen LogP contribution is 2.28. The van der Waals surface area contributed by atoms with Crippen LogP contribution in [-0.2, 0) is 19.3 Å². The Morgan fingerprint density at radius 1 is 0.767 bits per heavy atom. The Bertz CT molecular complexity index is 917. The fraction of sp³-hybridized carbons (Fsp3) is 0.360. The maximum absolute atomic E-state index is 14.5. The minimum atomic E-state index is -0.547. The van der Waals surface area contributed by atoms with Crippen molar-refractivity contribution in [2.24, 2.45) is 0 Å². The predicted octanol–water partition coefficient (Wildman–Crippen LogP) is 7.37. The van der Waals surface area contributed by atoms with Crippen molar-refractivity contribution in [2.75, 3.05) is 0 Å². The molecule has 0 unspecified atom stereocenters. The maximum Gasteiger partial charge on any atom is 0.134 e. The number of benzene rings is 2. The van der Waals surface area contributed by atoms with Crippen LogP contribution < -0.4 is 0 Å². The number of hydrogen-bond donors (Lipinski definition) is 0. The summed E-state index contributed by atoms with van der Waals surface area (Å²) in [4.78, 5) is 8.88. The summed E-state index contributed by atoms with van der Waals surface area (Å²) >= 11 is 5.86. The highest BCUT2D eigenvalue weighted by molar-refractivity contribution is 6.30. The molecule has 0 aliphatic heterocycles. The molecule has 0 saturated carbocycles. The van der Waals surface area contributed by atoms with Gasteiger partial charge in [0.25, 0.3) is 0 Å². The van der Waals surface area contributed by atoms with Crippen LogP contribution in [0.15, 0.2) is 48.8 Å². The first-order chi connectivity index (χ1) is 14.6. The van der Waals surface area contributed by atoms with Gasteiger partial charge in [-0.2, -0.15) is 0 Å². The first kappa shape index (κ1) is 22.4. The van der Waals surface area contributed by atoms with E-state index in [0.29, 0.717) is 22.6 Å². The van der Waals surface area contributed by atoms with Gasteiger partial charge in [0.1, 0.15) is 17.5 Å². The van der Waals surface area contributed by atoms with Gasteiger partial charge in [-0.05, 0) is 73.1 Å². The van der Waals surface area contributed by atoms with Gasteiger partial charge in [-0.1, -0.05) is 43.5 Å². The molecule has 0 bridgehead atoms. The summed E-state index contributed by atoms with van der Waals surface area (Å²) in [5.74, 6) is -0.270. The van der Waals surface area contributed by atoms with Gasteiger partial charge in [-0.3, -0.25) is 0 Å². The molecule has 30 heavy (non-hydrogen) atoms. The van der Waals surface area contributed by atoms with E-state index in [0.717, 1.165) is 31.5 Å².